The molecule has 0 saturated heterocycles. The molecule has 4 heterocycles. The minimum Gasteiger partial charge on any atom is -0.306 e. The fourth-order valence-electron chi connectivity index (χ4n) is 18.5. The van der Waals surface area contributed by atoms with Crippen LogP contribution in [-0.2, 0) is 0 Å². The van der Waals surface area contributed by atoms with E-state index in [0.717, 1.165) is 210 Å². The van der Waals surface area contributed by atoms with E-state index in [1.165, 1.54) is 0 Å². The van der Waals surface area contributed by atoms with E-state index in [1.807, 2.05) is 0 Å². The second-order valence-electron chi connectivity index (χ2n) is 29.6. The summed E-state index contributed by atoms with van der Waals surface area (Å²) in [6, 6.07) is 156. The molecule has 0 amide bonds. The summed E-state index contributed by atoms with van der Waals surface area (Å²) in [7, 11) is 0. The Morgan fingerprint density at radius 1 is 0.158 bits per heavy atom. The molecule has 0 bridgehead atoms. The van der Waals surface area contributed by atoms with Gasteiger partial charge in [0.2, 0.25) is 0 Å². The number of aromatic nitrogens is 4. The van der Waals surface area contributed by atoms with Crippen LogP contribution in [-0.4, -0.2) is 18.3 Å². The lowest BCUT2D eigenvalue weighted by molar-refractivity contribution is 1.04. The molecule has 4 aromatic heterocycles. The molecule has 0 atom stereocenters. The monoisotopic (exact) mass is 1450 g/mol. The SMILES string of the molecule is N#Cc1c(-n2c3ccccc3c3ccccc32)c(-n2c3ccc(-c4ccccc4-c4ccccc4)cc3c3cc(-c4ccccc4-c4ccccc4)ccc32)c(-c2ccccc2)c(-n2c3ccc(-c4ccccc4-c4ccccc4)cc3c3cc(-c4ccccc4-c4ccccc4)ccc32)c1-n1c2ccccc2c2ccccc21. The van der Waals surface area contributed by atoms with E-state index in [0.29, 0.717) is 5.56 Å². The van der Waals surface area contributed by atoms with Crippen molar-refractivity contribution in [2.24, 2.45) is 0 Å². The molecule has 530 valence electrons. The fraction of sp³-hybridized carbons (Fsp3) is 0. The molecular weight excluding hydrogens is 1380 g/mol. The minimum absolute atomic E-state index is 0.492. The lowest BCUT2D eigenvalue weighted by Gasteiger charge is -2.29. The number of hydrogen-bond acceptors (Lipinski definition) is 1. The Morgan fingerprint density at radius 3 is 0.596 bits per heavy atom. The van der Waals surface area contributed by atoms with Crippen LogP contribution in [0.4, 0.5) is 0 Å². The highest BCUT2D eigenvalue weighted by Gasteiger charge is 2.36. The highest BCUT2D eigenvalue weighted by atomic mass is 15.1. The van der Waals surface area contributed by atoms with Crippen molar-refractivity contribution in [1.29, 1.82) is 5.26 Å². The Kier molecular flexibility index (Phi) is 15.6. The van der Waals surface area contributed by atoms with E-state index in [-0.39, 0.29) is 0 Å². The topological polar surface area (TPSA) is 43.5 Å². The third kappa shape index (κ3) is 10.5. The second-order valence-corrected chi connectivity index (χ2v) is 29.6. The molecule has 5 nitrogen and oxygen atoms in total. The first-order chi connectivity index (χ1) is 56.6. The first-order valence-electron chi connectivity index (χ1n) is 39.0. The van der Waals surface area contributed by atoms with E-state index in [1.54, 1.807) is 0 Å². The summed E-state index contributed by atoms with van der Waals surface area (Å²) in [5.41, 5.74) is 31.4. The van der Waals surface area contributed by atoms with Gasteiger partial charge < -0.3 is 18.3 Å². The third-order valence-corrected chi connectivity index (χ3v) is 23.4. The Morgan fingerprint density at radius 2 is 0.351 bits per heavy atom. The quantitative estimate of drug-likeness (QED) is 0.113. The Labute approximate surface area is 659 Å². The van der Waals surface area contributed by atoms with Gasteiger partial charge in [0.25, 0.3) is 0 Å². The van der Waals surface area contributed by atoms with Crippen molar-refractivity contribution < 1.29 is 0 Å². The van der Waals surface area contributed by atoms with Crippen molar-refractivity contribution in [3.8, 4) is 129 Å². The van der Waals surface area contributed by atoms with Gasteiger partial charge in [-0.05, 0) is 167 Å². The summed E-state index contributed by atoms with van der Waals surface area (Å²) in [5.74, 6) is 0. The number of nitriles is 1. The van der Waals surface area contributed by atoms with Crippen molar-refractivity contribution in [2.75, 3.05) is 0 Å². The number of rotatable bonds is 13. The van der Waals surface area contributed by atoms with Crippen LogP contribution in [0.5, 0.6) is 0 Å². The maximum atomic E-state index is 13.7. The van der Waals surface area contributed by atoms with Crippen molar-refractivity contribution in [3.63, 3.8) is 0 Å². The lowest BCUT2D eigenvalue weighted by atomic mass is 9.92. The average molecular weight is 1450 g/mol. The predicted octanol–water partition coefficient (Wildman–Crippen LogP) is 28.9. The van der Waals surface area contributed by atoms with Gasteiger partial charge in [-0.2, -0.15) is 5.26 Å². The molecule has 5 heteroatoms. The van der Waals surface area contributed by atoms with Gasteiger partial charge in [0, 0.05) is 48.7 Å². The van der Waals surface area contributed by atoms with Gasteiger partial charge in [0.1, 0.15) is 11.6 Å². The number of hydrogen-bond donors (Lipinski definition) is 0. The van der Waals surface area contributed by atoms with Gasteiger partial charge in [-0.3, -0.25) is 0 Å². The Hall–Kier alpha value is -15.4. The van der Waals surface area contributed by atoms with Crippen LogP contribution in [0.2, 0.25) is 0 Å². The standard InChI is InChI=1S/C109H69N5/c110-70-96-106(111-97-54-28-24-50-88(97)89-51-25-29-55-98(89)111)108(113-101-62-58-76(84-46-20-16-42-80(84)71-32-6-1-7-33-71)66-92(101)93-67-77(59-63-102(93)113)85-47-21-17-43-81(85)72-34-8-2-9-35-72)105(75-40-14-5-15-41-75)109(107(96)112-99-56-30-26-52-90(99)91-53-27-31-57-100(91)112)114-103-64-60-78(86-48-22-18-44-82(86)73-36-10-3-11-37-73)68-94(103)95-69-79(61-65-104(95)114)87-49-23-19-45-83(87)74-38-12-4-13-39-74/h1-69H. The fourth-order valence-corrected chi connectivity index (χ4v) is 18.5. The van der Waals surface area contributed by atoms with Gasteiger partial charge in [-0.1, -0.05) is 346 Å². The van der Waals surface area contributed by atoms with Gasteiger partial charge in [0.05, 0.1) is 66.9 Å². The first-order valence-corrected chi connectivity index (χ1v) is 39.0. The van der Waals surface area contributed by atoms with Crippen molar-refractivity contribution >= 4 is 87.2 Å². The van der Waals surface area contributed by atoms with Crippen molar-refractivity contribution in [3.05, 3.63) is 424 Å². The molecule has 0 aliphatic carbocycles. The molecule has 0 unspecified atom stereocenters. The predicted molar refractivity (Wildman–Crippen MR) is 477 cm³/mol. The second kappa shape index (κ2) is 27.0. The van der Waals surface area contributed by atoms with E-state index < -0.39 is 0 Å². The van der Waals surface area contributed by atoms with E-state index in [2.05, 4.69) is 443 Å². The minimum atomic E-state index is 0.492. The number of fused-ring (bicyclic) bond motifs is 12. The maximum absolute atomic E-state index is 13.7. The Bertz CT molecular complexity index is 6830. The lowest BCUT2D eigenvalue weighted by Crippen LogP contribution is -2.16. The van der Waals surface area contributed by atoms with Gasteiger partial charge in [-0.15, -0.1) is 0 Å². The molecule has 22 aromatic rings. The Balaban J connectivity index is 0.964. The molecule has 0 N–H and O–H groups in total. The van der Waals surface area contributed by atoms with Crippen LogP contribution >= 0.6 is 0 Å². The summed E-state index contributed by atoms with van der Waals surface area (Å²) in [6.07, 6.45) is 0. The number of nitrogens with zero attached hydrogens (tertiary/aromatic N) is 5. The van der Waals surface area contributed by atoms with Gasteiger partial charge in [-0.25, -0.2) is 0 Å². The zero-order chi connectivity index (χ0) is 75.3. The molecular formula is C109H69N5. The molecule has 18 aromatic carbocycles. The van der Waals surface area contributed by atoms with Gasteiger partial charge >= 0.3 is 0 Å². The zero-order valence-corrected chi connectivity index (χ0v) is 62.1. The van der Waals surface area contributed by atoms with Crippen molar-refractivity contribution in [1.82, 2.24) is 18.3 Å². The molecule has 0 radical (unpaired) electrons. The average Bonchev–Trinajstić information content (AvgIpc) is 1.46. The molecule has 22 rings (SSSR count). The molecule has 0 aliphatic heterocycles. The van der Waals surface area contributed by atoms with E-state index in [9.17, 15) is 5.26 Å². The summed E-state index contributed by atoms with van der Waals surface area (Å²) in [4.78, 5) is 0. The van der Waals surface area contributed by atoms with Crippen molar-refractivity contribution in [2.45, 2.75) is 0 Å². The van der Waals surface area contributed by atoms with Crippen LogP contribution in [0.15, 0.2) is 419 Å². The van der Waals surface area contributed by atoms with E-state index in [4.69, 9.17) is 0 Å². The number of para-hydroxylation sites is 4. The molecule has 0 saturated carbocycles. The normalized spacial score (nSPS) is 11.7. The highest BCUT2D eigenvalue weighted by Crippen LogP contribution is 2.54. The van der Waals surface area contributed by atoms with Gasteiger partial charge in [0.15, 0.2) is 0 Å². The first kappa shape index (κ1) is 65.7. The highest BCUT2D eigenvalue weighted by molar-refractivity contribution is 6.19. The van der Waals surface area contributed by atoms with Crippen LogP contribution < -0.4 is 0 Å². The smallest absolute Gasteiger partial charge is 0.104 e. The van der Waals surface area contributed by atoms with Crippen LogP contribution in [0.1, 0.15) is 5.56 Å². The zero-order valence-electron chi connectivity index (χ0n) is 62.1. The summed E-state index contributed by atoms with van der Waals surface area (Å²) >= 11 is 0. The summed E-state index contributed by atoms with van der Waals surface area (Å²) in [5, 5.41) is 22.2. The summed E-state index contributed by atoms with van der Waals surface area (Å²) in [6.45, 7) is 0. The largest absolute Gasteiger partial charge is 0.306 e. The maximum Gasteiger partial charge on any atom is 0.104 e. The van der Waals surface area contributed by atoms with Crippen LogP contribution in [0.3, 0.4) is 0 Å². The summed E-state index contributed by atoms with van der Waals surface area (Å²) < 4.78 is 9.93. The van der Waals surface area contributed by atoms with Crippen LogP contribution in [0.25, 0.3) is 210 Å². The molecule has 0 fully saturated rings. The molecule has 114 heavy (non-hydrogen) atoms. The van der Waals surface area contributed by atoms with Crippen LogP contribution in [0, 0.1) is 11.3 Å². The third-order valence-electron chi connectivity index (χ3n) is 23.4. The number of benzene rings is 18. The molecule has 0 aliphatic rings. The van der Waals surface area contributed by atoms with E-state index >= 15 is 0 Å². The molecule has 0 spiro atoms.